The Balaban J connectivity index is 3.36. The minimum absolute atomic E-state index is 0.212. The Bertz CT molecular complexity index is 112. The van der Waals surface area contributed by atoms with Crippen molar-refractivity contribution in [2.75, 3.05) is 4.93 Å². The van der Waals surface area contributed by atoms with Gasteiger partial charge in [0.1, 0.15) is 0 Å². The van der Waals surface area contributed by atoms with Crippen molar-refractivity contribution in [1.82, 2.24) is 0 Å². The van der Waals surface area contributed by atoms with E-state index >= 15 is 0 Å². The zero-order valence-corrected chi connectivity index (χ0v) is 9.73. The molecule has 11 heavy (non-hydrogen) atoms. The Morgan fingerprint density at radius 3 is 2.73 bits per heavy atom. The van der Waals surface area contributed by atoms with Gasteiger partial charge in [0.05, 0.1) is 0 Å². The van der Waals surface area contributed by atoms with Crippen molar-refractivity contribution in [2.45, 2.75) is 36.7 Å². The van der Waals surface area contributed by atoms with Crippen LogP contribution in [0, 0.1) is 0 Å². The molecule has 0 aliphatic rings. The number of hydrogen-bond donors (Lipinski definition) is 1. The van der Waals surface area contributed by atoms with Crippen LogP contribution in [-0.4, -0.2) is 8.98 Å². The molecule has 1 unspecified atom stereocenters. The molecular formula is C9H19IN-. The number of halogens is 1. The Labute approximate surface area is 80.7 Å². The zero-order valence-electron chi connectivity index (χ0n) is 7.57. The van der Waals surface area contributed by atoms with Crippen molar-refractivity contribution in [2.24, 2.45) is 5.73 Å². The van der Waals surface area contributed by atoms with E-state index in [9.17, 15) is 0 Å². The Hall–Kier alpha value is 0.430. The SMILES string of the molecule is C=C(CCCC)CC(N)[I-]C. The second-order valence-corrected chi connectivity index (χ2v) is 5.64. The van der Waals surface area contributed by atoms with E-state index < -0.39 is 0 Å². The van der Waals surface area contributed by atoms with E-state index in [0.29, 0.717) is 4.05 Å². The molecule has 0 saturated heterocycles. The molecule has 0 aromatic heterocycles. The van der Waals surface area contributed by atoms with Gasteiger partial charge >= 0.3 is 80.7 Å². The summed E-state index contributed by atoms with van der Waals surface area (Å²) in [6.45, 7) is 6.23. The Morgan fingerprint density at radius 2 is 2.27 bits per heavy atom. The Kier molecular flexibility index (Phi) is 7.38. The fourth-order valence-corrected chi connectivity index (χ4v) is 1.94. The second-order valence-electron chi connectivity index (χ2n) is 2.79. The summed E-state index contributed by atoms with van der Waals surface area (Å²) in [5.74, 6) is 0. The van der Waals surface area contributed by atoms with Gasteiger partial charge in [-0.1, -0.05) is 0 Å². The molecule has 0 aromatic carbocycles. The normalized spacial score (nSPS) is 13.4. The van der Waals surface area contributed by atoms with E-state index in [1.807, 2.05) is 0 Å². The molecule has 0 saturated carbocycles. The number of hydrogen-bond acceptors (Lipinski definition) is 1. The molecular weight excluding hydrogens is 249 g/mol. The van der Waals surface area contributed by atoms with Gasteiger partial charge in [-0.25, -0.2) is 0 Å². The van der Waals surface area contributed by atoms with Gasteiger partial charge in [0, 0.05) is 0 Å². The molecule has 2 heteroatoms. The van der Waals surface area contributed by atoms with Crippen LogP contribution >= 0.6 is 0 Å². The quantitative estimate of drug-likeness (QED) is 0.288. The monoisotopic (exact) mass is 268 g/mol. The molecule has 0 aliphatic heterocycles. The molecule has 0 aromatic rings. The molecule has 1 atom stereocenters. The first-order chi connectivity index (χ1) is 5.20. The van der Waals surface area contributed by atoms with Crippen LogP contribution in [0.25, 0.3) is 0 Å². The van der Waals surface area contributed by atoms with Crippen LogP contribution in [0.4, 0.5) is 0 Å². The molecule has 0 rings (SSSR count). The van der Waals surface area contributed by atoms with Crippen LogP contribution in [-0.2, 0) is 0 Å². The third kappa shape index (κ3) is 6.81. The minimum atomic E-state index is 0.212. The fraction of sp³-hybridized carbons (Fsp3) is 0.778. The Morgan fingerprint density at radius 1 is 1.64 bits per heavy atom. The first kappa shape index (κ1) is 11.4. The molecule has 0 aliphatic carbocycles. The number of alkyl halides is 2. The summed E-state index contributed by atoms with van der Waals surface area (Å²) in [5.41, 5.74) is 7.18. The maximum atomic E-state index is 5.83. The van der Waals surface area contributed by atoms with E-state index in [2.05, 4.69) is 18.4 Å². The number of nitrogens with two attached hydrogens (primary N) is 1. The third-order valence-electron chi connectivity index (χ3n) is 1.65. The summed E-state index contributed by atoms with van der Waals surface area (Å²) in [4.78, 5) is 2.23. The average Bonchev–Trinajstić information content (AvgIpc) is 2.00. The van der Waals surface area contributed by atoms with Crippen LogP contribution in [0.5, 0.6) is 0 Å². The van der Waals surface area contributed by atoms with Crippen molar-refractivity contribution in [3.05, 3.63) is 12.2 Å². The van der Waals surface area contributed by atoms with Crippen molar-refractivity contribution in [3.8, 4) is 0 Å². The third-order valence-corrected chi connectivity index (χ3v) is 3.69. The van der Waals surface area contributed by atoms with Crippen LogP contribution in [0.15, 0.2) is 12.2 Å². The first-order valence-corrected chi connectivity index (χ1v) is 7.51. The van der Waals surface area contributed by atoms with Crippen LogP contribution in [0.1, 0.15) is 32.6 Å². The maximum absolute atomic E-state index is 5.83. The summed E-state index contributed by atoms with van der Waals surface area (Å²) >= 11 is 0.212. The predicted molar refractivity (Wildman–Crippen MR) is 47.2 cm³/mol. The van der Waals surface area contributed by atoms with Crippen molar-refractivity contribution >= 4 is 0 Å². The van der Waals surface area contributed by atoms with Crippen LogP contribution < -0.4 is 26.9 Å². The van der Waals surface area contributed by atoms with E-state index in [1.54, 1.807) is 0 Å². The van der Waals surface area contributed by atoms with Crippen molar-refractivity contribution in [1.29, 1.82) is 0 Å². The first-order valence-electron chi connectivity index (χ1n) is 4.11. The number of unbranched alkanes of at least 4 members (excludes halogenated alkanes) is 1. The molecule has 2 N–H and O–H groups in total. The van der Waals surface area contributed by atoms with Gasteiger partial charge < -0.3 is 0 Å². The molecule has 0 bridgehead atoms. The topological polar surface area (TPSA) is 26.0 Å². The van der Waals surface area contributed by atoms with E-state index in [4.69, 9.17) is 5.73 Å². The predicted octanol–water partition coefficient (Wildman–Crippen LogP) is -0.873. The van der Waals surface area contributed by atoms with Gasteiger partial charge in [-0.05, 0) is 0 Å². The summed E-state index contributed by atoms with van der Waals surface area (Å²) < 4.78 is 0.443. The average molecular weight is 268 g/mol. The van der Waals surface area contributed by atoms with Gasteiger partial charge in [-0.2, -0.15) is 0 Å². The van der Waals surface area contributed by atoms with Crippen LogP contribution in [0.3, 0.4) is 0 Å². The zero-order chi connectivity index (χ0) is 8.69. The standard InChI is InChI=1S/C9H19IN/c1-4-5-6-8(2)7-9(11)10-3/h9H,2,4-7,11H2,1,3H3/q-1. The molecule has 0 heterocycles. The fourth-order valence-electron chi connectivity index (χ4n) is 0.882. The molecule has 0 fully saturated rings. The molecule has 0 spiro atoms. The van der Waals surface area contributed by atoms with Gasteiger partial charge in [-0.3, -0.25) is 0 Å². The second kappa shape index (κ2) is 7.10. The van der Waals surface area contributed by atoms with Gasteiger partial charge in [0.25, 0.3) is 0 Å². The van der Waals surface area contributed by atoms with E-state index in [1.165, 1.54) is 24.8 Å². The van der Waals surface area contributed by atoms with Crippen molar-refractivity contribution < 1.29 is 21.2 Å². The molecule has 68 valence electrons. The molecule has 1 nitrogen and oxygen atoms in total. The summed E-state index contributed by atoms with van der Waals surface area (Å²) in [6.07, 6.45) is 4.76. The van der Waals surface area contributed by atoms with Gasteiger partial charge in [0.15, 0.2) is 0 Å². The van der Waals surface area contributed by atoms with Crippen molar-refractivity contribution in [3.63, 3.8) is 0 Å². The number of rotatable bonds is 6. The van der Waals surface area contributed by atoms with Crippen LogP contribution in [0.2, 0.25) is 0 Å². The van der Waals surface area contributed by atoms with Gasteiger partial charge in [-0.15, -0.1) is 0 Å². The summed E-state index contributed by atoms with van der Waals surface area (Å²) in [7, 11) is 0. The summed E-state index contributed by atoms with van der Waals surface area (Å²) in [6, 6.07) is 0. The molecule has 0 amide bonds. The van der Waals surface area contributed by atoms with Gasteiger partial charge in [0.2, 0.25) is 0 Å². The molecule has 0 radical (unpaired) electrons. The van der Waals surface area contributed by atoms with E-state index in [-0.39, 0.29) is 21.2 Å². The summed E-state index contributed by atoms with van der Waals surface area (Å²) in [5, 5.41) is 0. The van der Waals surface area contributed by atoms with E-state index in [0.717, 1.165) is 6.42 Å².